The Labute approximate surface area is 129 Å². The third kappa shape index (κ3) is 4.83. The van der Waals surface area contributed by atoms with Gasteiger partial charge in [0.05, 0.1) is 13.1 Å². The minimum absolute atomic E-state index is 0.120. The molecule has 21 heavy (non-hydrogen) atoms. The highest BCUT2D eigenvalue weighted by Crippen LogP contribution is 2.17. The van der Waals surface area contributed by atoms with Crippen molar-refractivity contribution < 1.29 is 4.42 Å². The predicted molar refractivity (Wildman–Crippen MR) is 87.3 cm³/mol. The molecule has 1 aliphatic rings. The minimum atomic E-state index is 0.120. The van der Waals surface area contributed by atoms with Gasteiger partial charge in [0.1, 0.15) is 11.5 Å². The summed E-state index contributed by atoms with van der Waals surface area (Å²) in [5, 5.41) is 3.46. The van der Waals surface area contributed by atoms with Gasteiger partial charge >= 0.3 is 0 Å². The number of likely N-dealkylation sites (N-methyl/N-ethyl adjacent to an activating group) is 1. The van der Waals surface area contributed by atoms with Crippen LogP contribution in [0.15, 0.2) is 16.5 Å². The maximum absolute atomic E-state index is 5.96. The molecule has 1 N–H and O–H groups in total. The van der Waals surface area contributed by atoms with Gasteiger partial charge in [-0.3, -0.25) is 9.80 Å². The van der Waals surface area contributed by atoms with Gasteiger partial charge in [-0.1, -0.05) is 0 Å². The van der Waals surface area contributed by atoms with E-state index in [0.717, 1.165) is 37.7 Å². The first-order valence-electron chi connectivity index (χ1n) is 8.01. The van der Waals surface area contributed by atoms with Crippen molar-refractivity contribution in [3.63, 3.8) is 0 Å². The van der Waals surface area contributed by atoms with Crippen molar-refractivity contribution in [2.45, 2.75) is 65.3 Å². The lowest BCUT2D eigenvalue weighted by molar-refractivity contribution is 0.0516. The van der Waals surface area contributed by atoms with Gasteiger partial charge in [0.15, 0.2) is 0 Å². The Balaban J connectivity index is 1.88. The second kappa shape index (κ2) is 6.51. The molecule has 1 aliphatic heterocycles. The van der Waals surface area contributed by atoms with Crippen LogP contribution in [0.5, 0.6) is 0 Å². The van der Waals surface area contributed by atoms with Crippen LogP contribution in [0.1, 0.15) is 46.1 Å². The summed E-state index contributed by atoms with van der Waals surface area (Å²) in [5.41, 5.74) is 0.120. The summed E-state index contributed by atoms with van der Waals surface area (Å²) in [6.45, 7) is 15.0. The second-order valence-corrected chi connectivity index (χ2v) is 7.53. The molecule has 0 amide bonds. The van der Waals surface area contributed by atoms with Crippen LogP contribution in [-0.2, 0) is 13.1 Å². The fourth-order valence-corrected chi connectivity index (χ4v) is 2.82. The molecule has 0 spiro atoms. The van der Waals surface area contributed by atoms with Crippen LogP contribution in [-0.4, -0.2) is 47.6 Å². The highest BCUT2D eigenvalue weighted by atomic mass is 16.3. The SMILES string of the molecule is CC1CN(Cc2ccc(CNC(C)(C)C)o2)CC(C)N1C. The molecule has 120 valence electrons. The zero-order valence-corrected chi connectivity index (χ0v) is 14.4. The van der Waals surface area contributed by atoms with Gasteiger partial charge in [-0.15, -0.1) is 0 Å². The van der Waals surface area contributed by atoms with Crippen molar-refractivity contribution in [2.75, 3.05) is 20.1 Å². The molecule has 4 heteroatoms. The van der Waals surface area contributed by atoms with Crippen molar-refractivity contribution >= 4 is 0 Å². The topological polar surface area (TPSA) is 31.6 Å². The number of piperazine rings is 1. The minimum Gasteiger partial charge on any atom is -0.463 e. The molecule has 0 bridgehead atoms. The summed E-state index contributed by atoms with van der Waals surface area (Å²) in [4.78, 5) is 4.95. The molecule has 0 aromatic carbocycles. The van der Waals surface area contributed by atoms with E-state index in [1.54, 1.807) is 0 Å². The molecule has 1 fully saturated rings. The van der Waals surface area contributed by atoms with Gasteiger partial charge in [0, 0.05) is 30.7 Å². The smallest absolute Gasteiger partial charge is 0.118 e. The van der Waals surface area contributed by atoms with E-state index < -0.39 is 0 Å². The largest absolute Gasteiger partial charge is 0.463 e. The normalized spacial score (nSPS) is 25.4. The van der Waals surface area contributed by atoms with E-state index in [4.69, 9.17) is 4.42 Å². The summed E-state index contributed by atoms with van der Waals surface area (Å²) < 4.78 is 5.96. The molecule has 2 heterocycles. The maximum Gasteiger partial charge on any atom is 0.118 e. The average Bonchev–Trinajstić information content (AvgIpc) is 2.80. The van der Waals surface area contributed by atoms with Crippen molar-refractivity contribution in [3.05, 3.63) is 23.7 Å². The van der Waals surface area contributed by atoms with Crippen LogP contribution in [0.2, 0.25) is 0 Å². The molecule has 2 rings (SSSR count). The number of hydrogen-bond donors (Lipinski definition) is 1. The lowest BCUT2D eigenvalue weighted by Crippen LogP contribution is -2.54. The lowest BCUT2D eigenvalue weighted by atomic mass is 10.1. The van der Waals surface area contributed by atoms with E-state index in [-0.39, 0.29) is 5.54 Å². The van der Waals surface area contributed by atoms with E-state index in [2.05, 4.69) is 68.9 Å². The zero-order valence-electron chi connectivity index (χ0n) is 14.4. The van der Waals surface area contributed by atoms with Crippen LogP contribution in [0, 0.1) is 0 Å². The van der Waals surface area contributed by atoms with E-state index in [1.165, 1.54) is 0 Å². The van der Waals surface area contributed by atoms with Crippen molar-refractivity contribution in [2.24, 2.45) is 0 Å². The van der Waals surface area contributed by atoms with E-state index in [1.807, 2.05) is 0 Å². The van der Waals surface area contributed by atoms with E-state index in [0.29, 0.717) is 12.1 Å². The van der Waals surface area contributed by atoms with Gasteiger partial charge in [0.2, 0.25) is 0 Å². The fourth-order valence-electron chi connectivity index (χ4n) is 2.82. The van der Waals surface area contributed by atoms with Crippen LogP contribution in [0.4, 0.5) is 0 Å². The first-order valence-corrected chi connectivity index (χ1v) is 8.01. The van der Waals surface area contributed by atoms with Crippen molar-refractivity contribution in [3.8, 4) is 0 Å². The van der Waals surface area contributed by atoms with Gasteiger partial charge in [-0.25, -0.2) is 0 Å². The summed E-state index contributed by atoms with van der Waals surface area (Å²) in [6, 6.07) is 5.42. The zero-order chi connectivity index (χ0) is 15.6. The quantitative estimate of drug-likeness (QED) is 0.925. The summed E-state index contributed by atoms with van der Waals surface area (Å²) in [6.07, 6.45) is 0. The first-order chi connectivity index (χ1) is 9.74. The number of nitrogens with one attached hydrogen (secondary N) is 1. The molecule has 0 radical (unpaired) electrons. The number of nitrogens with zero attached hydrogens (tertiary/aromatic N) is 2. The fraction of sp³-hybridized carbons (Fsp3) is 0.765. The van der Waals surface area contributed by atoms with Crippen LogP contribution >= 0.6 is 0 Å². The highest BCUT2D eigenvalue weighted by Gasteiger charge is 2.26. The first kappa shape index (κ1) is 16.5. The third-order valence-corrected chi connectivity index (χ3v) is 4.33. The van der Waals surface area contributed by atoms with Gasteiger partial charge in [-0.05, 0) is 53.8 Å². The van der Waals surface area contributed by atoms with Crippen LogP contribution in [0.3, 0.4) is 0 Å². The Hall–Kier alpha value is -0.840. The molecule has 2 unspecified atom stereocenters. The van der Waals surface area contributed by atoms with Gasteiger partial charge in [-0.2, -0.15) is 0 Å². The average molecular weight is 293 g/mol. The molecule has 2 atom stereocenters. The summed E-state index contributed by atoms with van der Waals surface area (Å²) in [7, 11) is 2.22. The van der Waals surface area contributed by atoms with Crippen LogP contribution < -0.4 is 5.32 Å². The van der Waals surface area contributed by atoms with E-state index >= 15 is 0 Å². The Bertz CT molecular complexity index is 437. The monoisotopic (exact) mass is 293 g/mol. The molecule has 1 saturated heterocycles. The second-order valence-electron chi connectivity index (χ2n) is 7.53. The van der Waals surface area contributed by atoms with Gasteiger partial charge < -0.3 is 9.73 Å². The number of hydrogen-bond acceptors (Lipinski definition) is 4. The predicted octanol–water partition coefficient (Wildman–Crippen LogP) is 2.69. The Morgan fingerprint density at radius 3 is 2.29 bits per heavy atom. The molecule has 0 aliphatic carbocycles. The standard InChI is InChI=1S/C17H31N3O/c1-13-10-20(11-14(2)19(13)6)12-16-8-7-15(21-16)9-18-17(3,4)5/h7-8,13-14,18H,9-12H2,1-6H3. The van der Waals surface area contributed by atoms with E-state index in [9.17, 15) is 0 Å². The van der Waals surface area contributed by atoms with Crippen molar-refractivity contribution in [1.82, 2.24) is 15.1 Å². The summed E-state index contributed by atoms with van der Waals surface area (Å²) >= 11 is 0. The Morgan fingerprint density at radius 1 is 1.14 bits per heavy atom. The lowest BCUT2D eigenvalue weighted by Gasteiger charge is -2.42. The van der Waals surface area contributed by atoms with Crippen LogP contribution in [0.25, 0.3) is 0 Å². The molecule has 1 aromatic heterocycles. The number of furan rings is 1. The summed E-state index contributed by atoms with van der Waals surface area (Å²) in [5.74, 6) is 2.10. The Kier molecular flexibility index (Phi) is 5.12. The highest BCUT2D eigenvalue weighted by molar-refractivity contribution is 5.07. The van der Waals surface area contributed by atoms with Crippen molar-refractivity contribution in [1.29, 1.82) is 0 Å². The third-order valence-electron chi connectivity index (χ3n) is 4.33. The molecular weight excluding hydrogens is 262 g/mol. The molecule has 1 aromatic rings. The molecule has 4 nitrogen and oxygen atoms in total. The molecule has 0 saturated carbocycles. The van der Waals surface area contributed by atoms with Gasteiger partial charge in [0.25, 0.3) is 0 Å². The molecular formula is C17H31N3O. The Morgan fingerprint density at radius 2 is 1.71 bits per heavy atom. The number of rotatable bonds is 4. The maximum atomic E-state index is 5.96.